The van der Waals surface area contributed by atoms with E-state index in [0.717, 1.165) is 16.7 Å². The zero-order valence-corrected chi connectivity index (χ0v) is 16.5. The van der Waals surface area contributed by atoms with E-state index in [4.69, 9.17) is 4.52 Å². The first-order valence-corrected chi connectivity index (χ1v) is 9.30. The number of benzene rings is 1. The van der Waals surface area contributed by atoms with Gasteiger partial charge in [0.05, 0.1) is 13.0 Å². The molecule has 0 saturated carbocycles. The number of amides is 2. The maximum atomic E-state index is 13.0. The summed E-state index contributed by atoms with van der Waals surface area (Å²) >= 11 is 0. The Morgan fingerprint density at radius 2 is 2.03 bits per heavy atom. The van der Waals surface area contributed by atoms with Crippen molar-refractivity contribution in [2.75, 3.05) is 0 Å². The largest absolute Gasteiger partial charge is 0.347 e. The van der Waals surface area contributed by atoms with Crippen LogP contribution in [0.25, 0.3) is 11.5 Å². The number of nitrogens with one attached hydrogen (secondary N) is 1. The summed E-state index contributed by atoms with van der Waals surface area (Å²) in [6.45, 7) is 5.73. The second-order valence-electron chi connectivity index (χ2n) is 7.45. The van der Waals surface area contributed by atoms with Crippen LogP contribution < -0.4 is 5.32 Å². The lowest BCUT2D eigenvalue weighted by atomic mass is 9.90. The highest BCUT2D eigenvalue weighted by Gasteiger charge is 2.45. The van der Waals surface area contributed by atoms with Gasteiger partial charge in [0.25, 0.3) is 11.8 Å². The number of amidine groups is 1. The first-order valence-electron chi connectivity index (χ1n) is 9.30. The summed E-state index contributed by atoms with van der Waals surface area (Å²) in [6, 6.07) is 7.73. The summed E-state index contributed by atoms with van der Waals surface area (Å²) < 4.78 is 5.29. The summed E-state index contributed by atoms with van der Waals surface area (Å²) in [5.41, 5.74) is 1.83. The van der Waals surface area contributed by atoms with E-state index in [1.54, 1.807) is 24.1 Å². The molecule has 1 unspecified atom stereocenters. The molecule has 2 amide bonds. The highest BCUT2D eigenvalue weighted by molar-refractivity contribution is 6.09. The molecule has 0 spiro atoms. The van der Waals surface area contributed by atoms with Gasteiger partial charge in [-0.15, -0.1) is 0 Å². The van der Waals surface area contributed by atoms with Gasteiger partial charge in [0.1, 0.15) is 11.4 Å². The predicted octanol–water partition coefficient (Wildman–Crippen LogP) is 2.52. The van der Waals surface area contributed by atoms with Crippen molar-refractivity contribution in [1.29, 1.82) is 0 Å². The molecule has 29 heavy (non-hydrogen) atoms. The van der Waals surface area contributed by atoms with Crippen molar-refractivity contribution in [3.63, 3.8) is 0 Å². The zero-order chi connectivity index (χ0) is 20.6. The van der Waals surface area contributed by atoms with Crippen LogP contribution in [-0.2, 0) is 16.1 Å². The Bertz CT molecular complexity index is 1060. The molecule has 8 nitrogen and oxygen atoms in total. The van der Waals surface area contributed by atoms with Gasteiger partial charge in [-0.3, -0.25) is 9.59 Å². The zero-order valence-electron chi connectivity index (χ0n) is 16.5. The fraction of sp³-hybridized carbons (Fsp3) is 0.286. The summed E-state index contributed by atoms with van der Waals surface area (Å²) in [6.07, 6.45) is 5.44. The number of hydrogen-bond donors (Lipinski definition) is 1. The number of carbonyl (C=O) groups is 2. The van der Waals surface area contributed by atoms with E-state index in [1.807, 2.05) is 44.2 Å². The monoisotopic (exact) mass is 391 g/mol. The van der Waals surface area contributed by atoms with Gasteiger partial charge < -0.3 is 14.7 Å². The lowest BCUT2D eigenvalue weighted by Gasteiger charge is -2.41. The number of aromatic nitrogens is 2. The summed E-state index contributed by atoms with van der Waals surface area (Å²) in [5.74, 6) is 0.591. The molecule has 148 valence electrons. The standard InChI is InChI=1S/C21H21N5O3/c1-13-4-6-15(7-5-13)19-23-16(25-29-19)12-22-20(28)21(3)11-18(27)24-17-10-14(2)8-9-26(17)21/h4-10H,11-12H2,1-3H3,(H,22,28). The molecule has 0 saturated heterocycles. The third-order valence-electron chi connectivity index (χ3n) is 5.02. The lowest BCUT2D eigenvalue weighted by molar-refractivity contribution is -0.134. The van der Waals surface area contributed by atoms with Gasteiger partial charge in [-0.25, -0.2) is 0 Å². The molecule has 1 aromatic heterocycles. The topological polar surface area (TPSA) is 101 Å². The fourth-order valence-corrected chi connectivity index (χ4v) is 3.32. The highest BCUT2D eigenvalue weighted by Crippen LogP contribution is 2.29. The molecule has 2 aliphatic heterocycles. The first-order chi connectivity index (χ1) is 13.8. The van der Waals surface area contributed by atoms with E-state index >= 15 is 0 Å². The Morgan fingerprint density at radius 3 is 2.79 bits per heavy atom. The number of aryl methyl sites for hydroxylation is 1. The Labute approximate surface area is 168 Å². The van der Waals surface area contributed by atoms with Gasteiger partial charge in [0, 0.05) is 11.8 Å². The van der Waals surface area contributed by atoms with E-state index < -0.39 is 5.54 Å². The molecular weight excluding hydrogens is 370 g/mol. The van der Waals surface area contributed by atoms with E-state index in [9.17, 15) is 9.59 Å². The van der Waals surface area contributed by atoms with E-state index in [2.05, 4.69) is 20.4 Å². The van der Waals surface area contributed by atoms with Crippen molar-refractivity contribution >= 4 is 17.6 Å². The van der Waals surface area contributed by atoms with Crippen LogP contribution in [0.3, 0.4) is 0 Å². The quantitative estimate of drug-likeness (QED) is 0.860. The van der Waals surface area contributed by atoms with Gasteiger partial charge in [-0.2, -0.15) is 9.98 Å². The summed E-state index contributed by atoms with van der Waals surface area (Å²) in [7, 11) is 0. The molecule has 1 atom stereocenters. The number of fused-ring (bicyclic) bond motifs is 1. The van der Waals surface area contributed by atoms with Crippen LogP contribution in [0.1, 0.15) is 31.7 Å². The maximum absolute atomic E-state index is 13.0. The van der Waals surface area contributed by atoms with Crippen molar-refractivity contribution in [2.45, 2.75) is 39.3 Å². The second kappa shape index (κ2) is 7.12. The summed E-state index contributed by atoms with van der Waals surface area (Å²) in [5, 5.41) is 6.75. The molecule has 8 heteroatoms. The van der Waals surface area contributed by atoms with Crippen LogP contribution >= 0.6 is 0 Å². The molecule has 4 rings (SSSR count). The Balaban J connectivity index is 1.47. The number of carbonyl (C=O) groups excluding carboxylic acids is 2. The third-order valence-corrected chi connectivity index (χ3v) is 5.02. The molecular formula is C21H21N5O3. The fourth-order valence-electron chi connectivity index (χ4n) is 3.32. The van der Waals surface area contributed by atoms with Crippen LogP contribution in [0.15, 0.2) is 57.7 Å². The van der Waals surface area contributed by atoms with Crippen LogP contribution in [0, 0.1) is 6.92 Å². The number of allylic oxidation sites excluding steroid dienone is 2. The number of hydrogen-bond acceptors (Lipinski definition) is 6. The van der Waals surface area contributed by atoms with Gasteiger partial charge in [0.15, 0.2) is 5.82 Å². The van der Waals surface area contributed by atoms with Gasteiger partial charge in [0.2, 0.25) is 5.91 Å². The van der Waals surface area contributed by atoms with Crippen molar-refractivity contribution < 1.29 is 14.1 Å². The van der Waals surface area contributed by atoms with Crippen LogP contribution in [0.5, 0.6) is 0 Å². The second-order valence-corrected chi connectivity index (χ2v) is 7.45. The average Bonchev–Trinajstić information content (AvgIpc) is 3.15. The maximum Gasteiger partial charge on any atom is 0.257 e. The smallest absolute Gasteiger partial charge is 0.257 e. The van der Waals surface area contributed by atoms with Crippen molar-refractivity contribution in [1.82, 2.24) is 20.4 Å². The molecule has 2 aliphatic rings. The van der Waals surface area contributed by atoms with Gasteiger partial charge in [-0.05, 0) is 50.6 Å². The molecule has 0 radical (unpaired) electrons. The highest BCUT2D eigenvalue weighted by atomic mass is 16.5. The van der Waals surface area contributed by atoms with E-state index in [1.165, 1.54) is 0 Å². The number of aliphatic imine (C=N–C) groups is 1. The van der Waals surface area contributed by atoms with Gasteiger partial charge >= 0.3 is 0 Å². The molecule has 3 heterocycles. The first kappa shape index (κ1) is 18.8. The van der Waals surface area contributed by atoms with Crippen LogP contribution in [0.2, 0.25) is 0 Å². The van der Waals surface area contributed by atoms with Crippen molar-refractivity contribution in [3.8, 4) is 11.5 Å². The normalized spacial score (nSPS) is 20.8. The minimum absolute atomic E-state index is 0.0135. The SMILES string of the molecule is CC1=CC2=NC(=O)CC(C)(C(=O)NCc3noc(-c4ccc(C)cc4)n3)N2C=C1. The minimum atomic E-state index is -1.08. The Hall–Kier alpha value is -3.55. The Kier molecular flexibility index (Phi) is 4.62. The number of nitrogens with zero attached hydrogens (tertiary/aromatic N) is 4. The van der Waals surface area contributed by atoms with Crippen molar-refractivity contribution in [3.05, 3.63) is 59.6 Å². The average molecular weight is 391 g/mol. The minimum Gasteiger partial charge on any atom is -0.347 e. The lowest BCUT2D eigenvalue weighted by Crippen LogP contribution is -2.59. The molecule has 2 aromatic rings. The molecule has 1 N–H and O–H groups in total. The molecule has 1 aromatic carbocycles. The van der Waals surface area contributed by atoms with Gasteiger partial charge in [-0.1, -0.05) is 22.9 Å². The van der Waals surface area contributed by atoms with E-state index in [-0.39, 0.29) is 24.8 Å². The third kappa shape index (κ3) is 3.61. The van der Waals surface area contributed by atoms with Crippen LogP contribution in [-0.4, -0.2) is 38.2 Å². The molecule has 0 aliphatic carbocycles. The predicted molar refractivity (Wildman–Crippen MR) is 107 cm³/mol. The number of rotatable bonds is 4. The molecule has 0 bridgehead atoms. The molecule has 0 fully saturated rings. The summed E-state index contributed by atoms with van der Waals surface area (Å²) in [4.78, 5) is 35.2. The van der Waals surface area contributed by atoms with Crippen LogP contribution in [0.4, 0.5) is 0 Å². The van der Waals surface area contributed by atoms with E-state index in [0.29, 0.717) is 17.6 Å². The van der Waals surface area contributed by atoms with Crippen molar-refractivity contribution in [2.24, 2.45) is 4.99 Å². The Morgan fingerprint density at radius 1 is 1.28 bits per heavy atom.